The quantitative estimate of drug-likeness (QED) is 0.171. The van der Waals surface area contributed by atoms with E-state index in [9.17, 15) is 0 Å². The average Bonchev–Trinajstić information content (AvgIpc) is 3.96. The predicted octanol–water partition coefficient (Wildman–Crippen LogP) is 15.3. The van der Waals surface area contributed by atoms with Gasteiger partial charge in [0.05, 0.1) is 0 Å². The molecule has 0 spiro atoms. The normalized spacial score (nSPS) is 14.0. The first kappa shape index (κ1) is 29.0. The summed E-state index contributed by atoms with van der Waals surface area (Å²) >= 11 is 5.72. The van der Waals surface area contributed by atoms with Gasteiger partial charge in [0.1, 0.15) is 0 Å². The third-order valence-corrected chi connectivity index (χ3v) is 14.7. The maximum atomic E-state index is 2.44. The zero-order valence-corrected chi connectivity index (χ0v) is 30.3. The molecule has 0 amide bonds. The minimum atomic E-state index is 0.174. The summed E-state index contributed by atoms with van der Waals surface area (Å²) in [6.45, 7) is 0. The van der Waals surface area contributed by atoms with E-state index in [1.807, 2.05) is 34.0 Å². The lowest BCUT2D eigenvalue weighted by Gasteiger charge is -2.16. The number of hydrogen-bond donors (Lipinski definition) is 0. The van der Waals surface area contributed by atoms with Crippen LogP contribution in [-0.4, -0.2) is 0 Å². The van der Waals surface area contributed by atoms with E-state index in [4.69, 9.17) is 0 Å². The first-order chi connectivity index (χ1) is 25.8. The highest BCUT2D eigenvalue weighted by Crippen LogP contribution is 2.53. The second-order valence-electron chi connectivity index (χ2n) is 13.9. The molecular formula is C49H28S3. The molecule has 0 aliphatic heterocycles. The number of benzene rings is 8. The molecule has 0 N–H and O–H groups in total. The minimum Gasteiger partial charge on any atom is -0.135 e. The van der Waals surface area contributed by atoms with E-state index in [1.54, 1.807) is 0 Å². The van der Waals surface area contributed by atoms with E-state index >= 15 is 0 Å². The smallest absolute Gasteiger partial charge is 0.0397 e. The standard InChI is InChI=1S/C49H28S3/c1-2-12-32-30(10-1)39-26-28(29-23-25-43-40(27-29)31-11-3-5-18-41(31)50-43)22-24-35(39)46(32)37-16-7-17-38-48-34(15-9-21-45(48)52-49(37)38)33-14-8-20-44-47(33)36-13-4-6-19-42(36)51-44/h1-27,46H. The van der Waals surface area contributed by atoms with Crippen molar-refractivity contribution in [2.75, 3.05) is 0 Å². The van der Waals surface area contributed by atoms with Gasteiger partial charge in [-0.05, 0) is 92.5 Å². The average molecular weight is 713 g/mol. The van der Waals surface area contributed by atoms with E-state index in [1.165, 1.54) is 111 Å². The van der Waals surface area contributed by atoms with Crippen LogP contribution in [0.3, 0.4) is 0 Å². The number of fused-ring (bicyclic) bond motifs is 12. The molecule has 0 saturated heterocycles. The van der Waals surface area contributed by atoms with Gasteiger partial charge in [-0.2, -0.15) is 0 Å². The summed E-state index contributed by atoms with van der Waals surface area (Å²) < 4.78 is 8.11. The first-order valence-corrected chi connectivity index (χ1v) is 20.2. The Bertz CT molecular complexity index is 3260. The fourth-order valence-electron chi connectivity index (χ4n) is 8.94. The van der Waals surface area contributed by atoms with Crippen LogP contribution < -0.4 is 0 Å². The summed E-state index contributed by atoms with van der Waals surface area (Å²) in [6, 6.07) is 61.6. The Kier molecular flexibility index (Phi) is 6.12. The molecule has 52 heavy (non-hydrogen) atoms. The maximum absolute atomic E-state index is 2.44. The first-order valence-electron chi connectivity index (χ1n) is 17.8. The fourth-order valence-corrected chi connectivity index (χ4v) is 12.4. The van der Waals surface area contributed by atoms with E-state index in [0.717, 1.165) is 0 Å². The van der Waals surface area contributed by atoms with Crippen molar-refractivity contribution in [3.63, 3.8) is 0 Å². The predicted molar refractivity (Wildman–Crippen MR) is 229 cm³/mol. The number of thiophene rings is 3. The molecular weight excluding hydrogens is 685 g/mol. The van der Waals surface area contributed by atoms with Gasteiger partial charge in [-0.3, -0.25) is 0 Å². The van der Waals surface area contributed by atoms with Gasteiger partial charge in [0.15, 0.2) is 0 Å². The maximum Gasteiger partial charge on any atom is 0.0397 e. The molecule has 0 radical (unpaired) electrons. The molecule has 1 unspecified atom stereocenters. The zero-order chi connectivity index (χ0) is 33.9. The highest BCUT2D eigenvalue weighted by atomic mass is 32.1. The van der Waals surface area contributed by atoms with E-state index < -0.39 is 0 Å². The zero-order valence-electron chi connectivity index (χ0n) is 27.9. The molecule has 1 aliphatic carbocycles. The fraction of sp³-hybridized carbons (Fsp3) is 0.0204. The summed E-state index contributed by atoms with van der Waals surface area (Å²) in [6.07, 6.45) is 0. The van der Waals surface area contributed by atoms with Gasteiger partial charge >= 0.3 is 0 Å². The van der Waals surface area contributed by atoms with Gasteiger partial charge in [0.25, 0.3) is 0 Å². The largest absolute Gasteiger partial charge is 0.135 e. The number of rotatable bonds is 3. The van der Waals surface area contributed by atoms with Crippen molar-refractivity contribution in [2.45, 2.75) is 5.92 Å². The molecule has 1 atom stereocenters. The highest BCUT2D eigenvalue weighted by Gasteiger charge is 2.32. The van der Waals surface area contributed by atoms with E-state index in [0.29, 0.717) is 0 Å². The molecule has 3 heteroatoms. The van der Waals surface area contributed by atoms with Crippen LogP contribution in [0.4, 0.5) is 0 Å². The minimum absolute atomic E-state index is 0.174. The molecule has 8 aromatic carbocycles. The third kappa shape index (κ3) is 4.07. The summed E-state index contributed by atoms with van der Waals surface area (Å²) in [4.78, 5) is 0. The Labute approximate surface area is 312 Å². The lowest BCUT2D eigenvalue weighted by Crippen LogP contribution is -1.99. The molecule has 242 valence electrons. The van der Waals surface area contributed by atoms with Crippen molar-refractivity contribution < 1.29 is 0 Å². The van der Waals surface area contributed by atoms with E-state index in [-0.39, 0.29) is 5.92 Å². The van der Waals surface area contributed by atoms with Crippen LogP contribution in [-0.2, 0) is 0 Å². The molecule has 3 aromatic heterocycles. The van der Waals surface area contributed by atoms with Gasteiger partial charge in [-0.25, -0.2) is 0 Å². The van der Waals surface area contributed by atoms with Gasteiger partial charge in [0, 0.05) is 66.4 Å². The molecule has 11 aromatic rings. The van der Waals surface area contributed by atoms with Crippen LogP contribution in [0.15, 0.2) is 164 Å². The second-order valence-corrected chi connectivity index (χ2v) is 17.1. The second kappa shape index (κ2) is 11.0. The topological polar surface area (TPSA) is 0 Å². The van der Waals surface area contributed by atoms with Crippen molar-refractivity contribution in [3.05, 3.63) is 180 Å². The molecule has 1 aliphatic rings. The van der Waals surface area contributed by atoms with Crippen molar-refractivity contribution in [1.82, 2.24) is 0 Å². The summed E-state index contributed by atoms with van der Waals surface area (Å²) in [5.74, 6) is 0.174. The van der Waals surface area contributed by atoms with Gasteiger partial charge in [-0.1, -0.05) is 121 Å². The Hall–Kier alpha value is -5.58. The van der Waals surface area contributed by atoms with Crippen LogP contribution in [0.25, 0.3) is 93.9 Å². The lowest BCUT2D eigenvalue weighted by atomic mass is 9.87. The molecule has 3 heterocycles. The summed E-state index contributed by atoms with van der Waals surface area (Å²) in [5.41, 5.74) is 12.1. The third-order valence-electron chi connectivity index (χ3n) is 11.2. The Balaban J connectivity index is 1.04. The van der Waals surface area contributed by atoms with Crippen LogP contribution in [0.5, 0.6) is 0 Å². The molecule has 0 fully saturated rings. The Morgan fingerprint density at radius 1 is 0.308 bits per heavy atom. The van der Waals surface area contributed by atoms with Crippen LogP contribution in [0.1, 0.15) is 22.6 Å². The van der Waals surface area contributed by atoms with Gasteiger partial charge in [0.2, 0.25) is 0 Å². The molecule has 0 nitrogen and oxygen atoms in total. The monoisotopic (exact) mass is 712 g/mol. The van der Waals surface area contributed by atoms with Crippen molar-refractivity contribution in [2.24, 2.45) is 0 Å². The highest BCUT2D eigenvalue weighted by molar-refractivity contribution is 7.26. The van der Waals surface area contributed by atoms with Crippen LogP contribution >= 0.6 is 34.0 Å². The molecule has 0 saturated carbocycles. The van der Waals surface area contributed by atoms with Crippen LogP contribution in [0, 0.1) is 0 Å². The van der Waals surface area contributed by atoms with Crippen molar-refractivity contribution in [1.29, 1.82) is 0 Å². The Morgan fingerprint density at radius 3 is 1.71 bits per heavy atom. The van der Waals surface area contributed by atoms with Gasteiger partial charge < -0.3 is 0 Å². The van der Waals surface area contributed by atoms with Crippen molar-refractivity contribution in [3.8, 4) is 33.4 Å². The number of hydrogen-bond acceptors (Lipinski definition) is 3. The van der Waals surface area contributed by atoms with Crippen molar-refractivity contribution >= 4 is 94.5 Å². The Morgan fingerprint density at radius 2 is 0.846 bits per heavy atom. The molecule has 0 bridgehead atoms. The van der Waals surface area contributed by atoms with Gasteiger partial charge in [-0.15, -0.1) is 34.0 Å². The molecule has 12 rings (SSSR count). The van der Waals surface area contributed by atoms with E-state index in [2.05, 4.69) is 164 Å². The van der Waals surface area contributed by atoms with Crippen LogP contribution in [0.2, 0.25) is 0 Å². The summed E-state index contributed by atoms with van der Waals surface area (Å²) in [5, 5.41) is 8.12. The summed E-state index contributed by atoms with van der Waals surface area (Å²) in [7, 11) is 0. The lowest BCUT2D eigenvalue weighted by molar-refractivity contribution is 1.03. The SMILES string of the molecule is c1ccc2c(c1)-c1cc(-c3ccc4sc5ccccc5c4c3)ccc1C2c1cccc2c1sc1cccc(-c3cccc4sc5ccccc5c34)c12.